The Morgan fingerprint density at radius 3 is 2.59 bits per heavy atom. The number of nitrogens with one attached hydrogen (secondary N) is 1. The highest BCUT2D eigenvalue weighted by molar-refractivity contribution is 7.91. The number of sulfonamides is 1. The second-order valence-corrected chi connectivity index (χ2v) is 6.32. The van der Waals surface area contributed by atoms with Crippen molar-refractivity contribution in [3.05, 3.63) is 59.7 Å². The van der Waals surface area contributed by atoms with E-state index in [1.807, 2.05) is 0 Å². The Morgan fingerprint density at radius 2 is 1.91 bits per heavy atom. The summed E-state index contributed by atoms with van der Waals surface area (Å²) in [5, 5.41) is 8.91. The van der Waals surface area contributed by atoms with Gasteiger partial charge in [-0.15, -0.1) is 0 Å². The van der Waals surface area contributed by atoms with Gasteiger partial charge in [0.1, 0.15) is 5.75 Å². The lowest BCUT2D eigenvalue weighted by molar-refractivity contribution is 0.0697. The fourth-order valence-corrected chi connectivity index (χ4v) is 3.09. The van der Waals surface area contributed by atoms with E-state index in [0.29, 0.717) is 11.3 Å². The maximum atomic E-state index is 12.2. The zero-order chi connectivity index (χ0) is 16.2. The van der Waals surface area contributed by atoms with Crippen LogP contribution in [0.5, 0.6) is 5.75 Å². The summed E-state index contributed by atoms with van der Waals surface area (Å²) in [5.74, 6) is -0.781. The normalized spacial score (nSPS) is 11.0. The second kappa shape index (κ2) is 6.48. The summed E-state index contributed by atoms with van der Waals surface area (Å²) in [4.78, 5) is 10.9. The lowest BCUT2D eigenvalue weighted by Gasteiger charge is -2.09. The van der Waals surface area contributed by atoms with E-state index in [-0.39, 0.29) is 17.0 Å². The van der Waals surface area contributed by atoms with Gasteiger partial charge in [0, 0.05) is 5.69 Å². The van der Waals surface area contributed by atoms with E-state index < -0.39 is 16.0 Å². The van der Waals surface area contributed by atoms with Crippen LogP contribution in [-0.4, -0.2) is 26.6 Å². The molecule has 0 saturated heterocycles. The molecule has 0 saturated carbocycles. The predicted octanol–water partition coefficient (Wildman–Crippen LogP) is 2.34. The van der Waals surface area contributed by atoms with Crippen LogP contribution in [0.4, 0.5) is 5.69 Å². The van der Waals surface area contributed by atoms with E-state index in [1.165, 1.54) is 31.4 Å². The molecule has 0 radical (unpaired) electrons. The van der Waals surface area contributed by atoms with Crippen LogP contribution in [0.15, 0.2) is 48.5 Å². The third-order valence-corrected chi connectivity index (χ3v) is 4.13. The fourth-order valence-electron chi connectivity index (χ4n) is 1.91. The third-order valence-electron chi connectivity index (χ3n) is 2.87. The van der Waals surface area contributed by atoms with E-state index in [0.717, 1.165) is 0 Å². The molecule has 0 bridgehead atoms. The molecule has 0 aliphatic rings. The monoisotopic (exact) mass is 321 g/mol. The number of anilines is 1. The molecule has 0 heterocycles. The van der Waals surface area contributed by atoms with Gasteiger partial charge < -0.3 is 9.84 Å². The zero-order valence-electron chi connectivity index (χ0n) is 11.8. The minimum absolute atomic E-state index is 0.0154. The van der Waals surface area contributed by atoms with Crippen molar-refractivity contribution in [2.75, 3.05) is 11.8 Å². The number of methoxy groups -OCH3 is 1. The largest absolute Gasteiger partial charge is 0.497 e. The number of carboxylic acids is 1. The summed E-state index contributed by atoms with van der Waals surface area (Å²) >= 11 is 0. The molecule has 0 amide bonds. The highest BCUT2D eigenvalue weighted by Crippen LogP contribution is 2.17. The summed E-state index contributed by atoms with van der Waals surface area (Å²) in [6, 6.07) is 12.4. The van der Waals surface area contributed by atoms with E-state index in [9.17, 15) is 13.2 Å². The number of ether oxygens (including phenoxy) is 1. The molecule has 2 N–H and O–H groups in total. The van der Waals surface area contributed by atoms with E-state index in [2.05, 4.69) is 4.72 Å². The second-order valence-electron chi connectivity index (χ2n) is 4.60. The van der Waals surface area contributed by atoms with Crippen molar-refractivity contribution < 1.29 is 23.1 Å². The summed E-state index contributed by atoms with van der Waals surface area (Å²) in [6.07, 6.45) is 0. The lowest BCUT2D eigenvalue weighted by atomic mass is 10.2. The molecule has 116 valence electrons. The van der Waals surface area contributed by atoms with Gasteiger partial charge in [-0.2, -0.15) is 0 Å². The van der Waals surface area contributed by atoms with Crippen LogP contribution < -0.4 is 9.46 Å². The van der Waals surface area contributed by atoms with Gasteiger partial charge in [0.2, 0.25) is 10.0 Å². The van der Waals surface area contributed by atoms with Gasteiger partial charge in [0.05, 0.1) is 18.4 Å². The third kappa shape index (κ3) is 4.23. The molecule has 2 aromatic rings. The van der Waals surface area contributed by atoms with Gasteiger partial charge in [-0.25, -0.2) is 13.2 Å². The molecular formula is C15H15NO5S. The number of carbonyl (C=O) groups is 1. The number of hydrogen-bond donors (Lipinski definition) is 2. The standard InChI is InChI=1S/C15H15NO5S/c1-21-14-7-2-4-11(8-14)10-22(19,20)16-13-6-3-5-12(9-13)15(17)18/h2-9,16H,10H2,1H3,(H,17,18). The molecule has 22 heavy (non-hydrogen) atoms. The maximum Gasteiger partial charge on any atom is 0.335 e. The predicted molar refractivity (Wildman–Crippen MR) is 82.6 cm³/mol. The molecule has 2 aromatic carbocycles. The van der Waals surface area contributed by atoms with E-state index >= 15 is 0 Å². The van der Waals surface area contributed by atoms with E-state index in [4.69, 9.17) is 9.84 Å². The van der Waals surface area contributed by atoms with Crippen LogP contribution in [-0.2, 0) is 15.8 Å². The number of aromatic carboxylic acids is 1. The summed E-state index contributed by atoms with van der Waals surface area (Å²) in [7, 11) is -2.15. The van der Waals surface area contributed by atoms with Gasteiger partial charge in [-0.05, 0) is 35.9 Å². The minimum Gasteiger partial charge on any atom is -0.497 e. The quantitative estimate of drug-likeness (QED) is 0.852. The summed E-state index contributed by atoms with van der Waals surface area (Å²) in [6.45, 7) is 0. The first kappa shape index (κ1) is 15.8. The smallest absolute Gasteiger partial charge is 0.335 e. The van der Waals surface area contributed by atoms with E-state index in [1.54, 1.807) is 24.3 Å². The molecule has 0 aliphatic heterocycles. The first-order chi connectivity index (χ1) is 10.4. The molecule has 0 atom stereocenters. The van der Waals surface area contributed by atoms with Crippen LogP contribution >= 0.6 is 0 Å². The van der Waals surface area contributed by atoms with Gasteiger partial charge in [-0.1, -0.05) is 18.2 Å². The van der Waals surface area contributed by atoms with Gasteiger partial charge in [0.25, 0.3) is 0 Å². The van der Waals surface area contributed by atoms with Crippen molar-refractivity contribution in [1.82, 2.24) is 0 Å². The van der Waals surface area contributed by atoms with Crippen LogP contribution in [0.3, 0.4) is 0 Å². The van der Waals surface area contributed by atoms with Crippen LogP contribution in [0.2, 0.25) is 0 Å². The highest BCUT2D eigenvalue weighted by Gasteiger charge is 2.13. The van der Waals surface area contributed by atoms with Crippen LogP contribution in [0.1, 0.15) is 15.9 Å². The van der Waals surface area contributed by atoms with Crippen molar-refractivity contribution in [1.29, 1.82) is 0 Å². The molecule has 7 heteroatoms. The average Bonchev–Trinajstić information content (AvgIpc) is 2.46. The number of benzene rings is 2. The molecule has 0 spiro atoms. The first-order valence-corrected chi connectivity index (χ1v) is 8.01. The Hall–Kier alpha value is -2.54. The molecule has 0 aliphatic carbocycles. The van der Waals surface area contributed by atoms with Gasteiger partial charge in [0.15, 0.2) is 0 Å². The van der Waals surface area contributed by atoms with Gasteiger partial charge >= 0.3 is 5.97 Å². The van der Waals surface area contributed by atoms with Crippen LogP contribution in [0.25, 0.3) is 0 Å². The molecule has 0 unspecified atom stereocenters. The summed E-state index contributed by atoms with van der Waals surface area (Å²) in [5.41, 5.74) is 0.797. The lowest BCUT2D eigenvalue weighted by Crippen LogP contribution is -2.15. The number of hydrogen-bond acceptors (Lipinski definition) is 4. The summed E-state index contributed by atoms with van der Waals surface area (Å²) < 4.78 is 31.7. The molecule has 0 aromatic heterocycles. The van der Waals surface area contributed by atoms with Crippen molar-refractivity contribution >= 4 is 21.7 Å². The number of carboxylic acid groups (broad SMARTS) is 1. The van der Waals surface area contributed by atoms with Crippen molar-refractivity contribution in [2.45, 2.75) is 5.75 Å². The minimum atomic E-state index is -3.65. The van der Waals surface area contributed by atoms with Gasteiger partial charge in [-0.3, -0.25) is 4.72 Å². The zero-order valence-corrected chi connectivity index (χ0v) is 12.6. The van der Waals surface area contributed by atoms with Crippen molar-refractivity contribution in [3.8, 4) is 5.75 Å². The molecule has 2 rings (SSSR count). The number of rotatable bonds is 6. The van der Waals surface area contributed by atoms with Crippen molar-refractivity contribution in [2.24, 2.45) is 0 Å². The Balaban J connectivity index is 2.17. The SMILES string of the molecule is COc1cccc(CS(=O)(=O)Nc2cccc(C(=O)O)c2)c1. The Kier molecular flexibility index (Phi) is 4.67. The Morgan fingerprint density at radius 1 is 1.18 bits per heavy atom. The maximum absolute atomic E-state index is 12.2. The highest BCUT2D eigenvalue weighted by atomic mass is 32.2. The van der Waals surface area contributed by atoms with Crippen LogP contribution in [0, 0.1) is 0 Å². The topological polar surface area (TPSA) is 92.7 Å². The first-order valence-electron chi connectivity index (χ1n) is 6.36. The Labute approximate surface area is 128 Å². The molecule has 0 fully saturated rings. The Bertz CT molecular complexity index is 786. The average molecular weight is 321 g/mol. The molecular weight excluding hydrogens is 306 g/mol. The molecule has 6 nitrogen and oxygen atoms in total. The fraction of sp³-hybridized carbons (Fsp3) is 0.133. The van der Waals surface area contributed by atoms with Crippen molar-refractivity contribution in [3.63, 3.8) is 0 Å².